The zero-order valence-electron chi connectivity index (χ0n) is 18.6. The van der Waals surface area contributed by atoms with Crippen LogP contribution in [0.4, 0.5) is 0 Å². The van der Waals surface area contributed by atoms with Crippen molar-refractivity contribution in [3.8, 4) is 23.0 Å². The molecule has 7 nitrogen and oxygen atoms in total. The van der Waals surface area contributed by atoms with E-state index >= 15 is 0 Å². The Bertz CT molecular complexity index is 824. The Balaban J connectivity index is 1.93. The van der Waals surface area contributed by atoms with Crippen molar-refractivity contribution in [1.82, 2.24) is 10.6 Å². The average molecular weight is 416 g/mol. The molecule has 30 heavy (non-hydrogen) atoms. The van der Waals surface area contributed by atoms with Gasteiger partial charge < -0.3 is 29.6 Å². The van der Waals surface area contributed by atoms with E-state index in [2.05, 4.69) is 22.5 Å². The van der Waals surface area contributed by atoms with E-state index in [1.165, 1.54) is 0 Å². The lowest BCUT2D eigenvalue weighted by atomic mass is 10.1. The molecule has 0 aliphatic carbocycles. The molecule has 0 amide bonds. The molecule has 0 aliphatic heterocycles. The Morgan fingerprint density at radius 3 is 2.20 bits per heavy atom. The van der Waals surface area contributed by atoms with Crippen LogP contribution in [-0.2, 0) is 12.8 Å². The summed E-state index contributed by atoms with van der Waals surface area (Å²) in [6, 6.07) is 11.8. The summed E-state index contributed by atoms with van der Waals surface area (Å²) < 4.78 is 21.4. The van der Waals surface area contributed by atoms with Gasteiger partial charge in [-0.05, 0) is 61.2 Å². The van der Waals surface area contributed by atoms with Gasteiger partial charge in [-0.1, -0.05) is 6.07 Å². The minimum absolute atomic E-state index is 0.634. The number of ether oxygens (including phenoxy) is 4. The molecule has 164 valence electrons. The van der Waals surface area contributed by atoms with Crippen LogP contribution in [0.2, 0.25) is 0 Å². The van der Waals surface area contributed by atoms with E-state index < -0.39 is 0 Å². The number of hydrogen-bond donors (Lipinski definition) is 2. The van der Waals surface area contributed by atoms with Gasteiger partial charge in [0, 0.05) is 19.6 Å². The second kappa shape index (κ2) is 12.5. The van der Waals surface area contributed by atoms with Gasteiger partial charge in [0.1, 0.15) is 11.5 Å². The van der Waals surface area contributed by atoms with E-state index in [1.54, 1.807) is 28.4 Å². The topological polar surface area (TPSA) is 73.3 Å². The molecule has 2 aromatic carbocycles. The van der Waals surface area contributed by atoms with E-state index in [0.29, 0.717) is 6.54 Å². The molecule has 7 heteroatoms. The third-order valence-corrected chi connectivity index (χ3v) is 4.64. The third-order valence-electron chi connectivity index (χ3n) is 4.64. The van der Waals surface area contributed by atoms with Crippen LogP contribution in [0.15, 0.2) is 41.4 Å². The lowest BCUT2D eigenvalue weighted by molar-refractivity contribution is 0.354. The van der Waals surface area contributed by atoms with Gasteiger partial charge in [-0.3, -0.25) is 4.99 Å². The van der Waals surface area contributed by atoms with Gasteiger partial charge in [0.05, 0.1) is 28.4 Å². The summed E-state index contributed by atoms with van der Waals surface area (Å²) in [5, 5.41) is 6.67. The predicted octanol–water partition coefficient (Wildman–Crippen LogP) is 3.06. The molecule has 2 N–H and O–H groups in total. The number of hydrogen-bond acceptors (Lipinski definition) is 5. The van der Waals surface area contributed by atoms with Gasteiger partial charge in [0.15, 0.2) is 17.5 Å². The molecule has 0 aliphatic rings. The highest BCUT2D eigenvalue weighted by Crippen LogP contribution is 2.27. The number of guanidine groups is 1. The molecule has 0 bridgehead atoms. The van der Waals surface area contributed by atoms with Crippen LogP contribution in [0, 0.1) is 0 Å². The largest absolute Gasteiger partial charge is 0.497 e. The van der Waals surface area contributed by atoms with Gasteiger partial charge >= 0.3 is 0 Å². The van der Waals surface area contributed by atoms with Crippen LogP contribution < -0.4 is 29.6 Å². The van der Waals surface area contributed by atoms with Crippen molar-refractivity contribution in [3.63, 3.8) is 0 Å². The first-order valence-corrected chi connectivity index (χ1v) is 10.1. The minimum atomic E-state index is 0.634. The van der Waals surface area contributed by atoms with Crippen molar-refractivity contribution >= 4 is 5.96 Å². The molecule has 0 fully saturated rings. The molecule has 0 heterocycles. The Morgan fingerprint density at radius 1 is 0.800 bits per heavy atom. The van der Waals surface area contributed by atoms with Gasteiger partial charge in [-0.15, -0.1) is 0 Å². The van der Waals surface area contributed by atoms with E-state index in [0.717, 1.165) is 66.0 Å². The molecule has 2 rings (SSSR count). The van der Waals surface area contributed by atoms with Crippen molar-refractivity contribution in [2.45, 2.75) is 19.8 Å². The smallest absolute Gasteiger partial charge is 0.191 e. The second-order valence-corrected chi connectivity index (χ2v) is 6.55. The van der Waals surface area contributed by atoms with E-state index in [-0.39, 0.29) is 0 Å². The van der Waals surface area contributed by atoms with Crippen LogP contribution >= 0.6 is 0 Å². The number of benzene rings is 2. The normalized spacial score (nSPS) is 11.0. The maximum absolute atomic E-state index is 5.44. The summed E-state index contributed by atoms with van der Waals surface area (Å²) in [6.45, 7) is 4.24. The van der Waals surface area contributed by atoms with E-state index in [9.17, 15) is 0 Å². The average Bonchev–Trinajstić information content (AvgIpc) is 2.78. The Hall–Kier alpha value is -3.09. The fourth-order valence-electron chi connectivity index (χ4n) is 3.07. The Labute approximate surface area is 179 Å². The zero-order chi connectivity index (χ0) is 21.8. The van der Waals surface area contributed by atoms with Crippen molar-refractivity contribution in [3.05, 3.63) is 47.5 Å². The van der Waals surface area contributed by atoms with Crippen LogP contribution in [-0.4, -0.2) is 54.0 Å². The maximum Gasteiger partial charge on any atom is 0.191 e. The number of nitrogens with zero attached hydrogens (tertiary/aromatic N) is 1. The first-order valence-electron chi connectivity index (χ1n) is 10.1. The number of methoxy groups -OCH3 is 4. The van der Waals surface area contributed by atoms with Crippen molar-refractivity contribution in [1.29, 1.82) is 0 Å². The fraction of sp³-hybridized carbons (Fsp3) is 0.435. The quantitative estimate of drug-likeness (QED) is 0.434. The highest BCUT2D eigenvalue weighted by molar-refractivity contribution is 5.79. The van der Waals surface area contributed by atoms with Gasteiger partial charge in [0.2, 0.25) is 0 Å². The van der Waals surface area contributed by atoms with Gasteiger partial charge in [0.25, 0.3) is 0 Å². The first kappa shape index (κ1) is 23.2. The molecule has 0 unspecified atom stereocenters. The molecule has 0 saturated heterocycles. The molecular formula is C23H33N3O4. The van der Waals surface area contributed by atoms with Crippen molar-refractivity contribution in [2.75, 3.05) is 48.1 Å². The molecule has 0 aromatic heterocycles. The standard InChI is InChI=1S/C23H33N3O4/c1-6-24-23(25-13-11-17-7-9-21(29-4)22(15-17)30-5)26-14-12-18-16-19(27-2)8-10-20(18)28-3/h7-10,15-16H,6,11-14H2,1-5H3,(H2,24,25,26). The molecule has 0 saturated carbocycles. The van der Waals surface area contributed by atoms with Gasteiger partial charge in [-0.25, -0.2) is 0 Å². The molecule has 0 spiro atoms. The lowest BCUT2D eigenvalue weighted by Gasteiger charge is -2.13. The summed E-state index contributed by atoms with van der Waals surface area (Å²) in [4.78, 5) is 4.69. The summed E-state index contributed by atoms with van der Waals surface area (Å²) in [7, 11) is 6.62. The van der Waals surface area contributed by atoms with Crippen LogP contribution in [0.5, 0.6) is 23.0 Å². The summed E-state index contributed by atoms with van der Waals surface area (Å²) >= 11 is 0. The van der Waals surface area contributed by atoms with Crippen LogP contribution in [0.1, 0.15) is 18.1 Å². The van der Waals surface area contributed by atoms with E-state index in [4.69, 9.17) is 18.9 Å². The maximum atomic E-state index is 5.44. The predicted molar refractivity (Wildman–Crippen MR) is 120 cm³/mol. The van der Waals surface area contributed by atoms with Crippen molar-refractivity contribution < 1.29 is 18.9 Å². The first-order chi connectivity index (χ1) is 14.6. The van der Waals surface area contributed by atoms with Crippen LogP contribution in [0.25, 0.3) is 0 Å². The summed E-state index contributed by atoms with van der Waals surface area (Å²) in [5.74, 6) is 3.92. The monoisotopic (exact) mass is 415 g/mol. The zero-order valence-corrected chi connectivity index (χ0v) is 18.6. The summed E-state index contributed by atoms with van der Waals surface area (Å²) in [5.41, 5.74) is 2.24. The SMILES string of the molecule is CCNC(=NCCc1cc(OC)ccc1OC)NCCc1ccc(OC)c(OC)c1. The highest BCUT2D eigenvalue weighted by Gasteiger charge is 2.07. The number of aliphatic imine (C=N–C) groups is 1. The lowest BCUT2D eigenvalue weighted by Crippen LogP contribution is -2.38. The van der Waals surface area contributed by atoms with Crippen LogP contribution in [0.3, 0.4) is 0 Å². The molecule has 2 aromatic rings. The molecule has 0 atom stereocenters. The number of rotatable bonds is 11. The van der Waals surface area contributed by atoms with Gasteiger partial charge in [-0.2, -0.15) is 0 Å². The molecule has 0 radical (unpaired) electrons. The molecular weight excluding hydrogens is 382 g/mol. The van der Waals surface area contributed by atoms with Crippen molar-refractivity contribution in [2.24, 2.45) is 4.99 Å². The summed E-state index contributed by atoms with van der Waals surface area (Å²) in [6.07, 6.45) is 1.60. The fourth-order valence-corrected chi connectivity index (χ4v) is 3.07. The second-order valence-electron chi connectivity index (χ2n) is 6.55. The Kier molecular flexibility index (Phi) is 9.64. The Morgan fingerprint density at radius 2 is 1.53 bits per heavy atom. The minimum Gasteiger partial charge on any atom is -0.497 e. The number of nitrogens with one attached hydrogen (secondary N) is 2. The highest BCUT2D eigenvalue weighted by atomic mass is 16.5. The third kappa shape index (κ3) is 6.76. The van der Waals surface area contributed by atoms with E-state index in [1.807, 2.05) is 36.4 Å².